The highest BCUT2D eigenvalue weighted by Gasteiger charge is 2.22. The smallest absolute Gasteiger partial charge is 0.241 e. The Morgan fingerprint density at radius 1 is 1.38 bits per heavy atom. The Labute approximate surface area is 94.6 Å². The first-order chi connectivity index (χ1) is 7.70. The Kier molecular flexibility index (Phi) is 3.05. The first kappa shape index (κ1) is 10.9. The summed E-state index contributed by atoms with van der Waals surface area (Å²) < 4.78 is 4.98. The van der Waals surface area contributed by atoms with E-state index in [2.05, 4.69) is 4.98 Å². The number of amides is 1. The van der Waals surface area contributed by atoms with E-state index < -0.39 is 0 Å². The average molecular weight is 221 g/mol. The van der Waals surface area contributed by atoms with Crippen LogP contribution >= 0.6 is 0 Å². The summed E-state index contributed by atoms with van der Waals surface area (Å²) in [6.07, 6.45) is 1.67. The number of likely N-dealkylation sites (N-methyl/N-ethyl adjacent to an activating group) is 1. The second kappa shape index (κ2) is 4.49. The molecule has 1 amide bonds. The Hall–Kier alpha value is -1.62. The van der Waals surface area contributed by atoms with Crippen LogP contribution in [0.4, 0.5) is 5.69 Å². The van der Waals surface area contributed by atoms with Crippen molar-refractivity contribution in [2.75, 3.05) is 38.7 Å². The molecule has 0 atom stereocenters. The molecule has 1 fully saturated rings. The van der Waals surface area contributed by atoms with E-state index in [4.69, 9.17) is 4.74 Å². The van der Waals surface area contributed by atoms with E-state index >= 15 is 0 Å². The SMILES string of the molecule is COc1ccc(N2CCN(C)CC2=O)cn1. The molecule has 0 aliphatic carbocycles. The molecule has 5 nitrogen and oxygen atoms in total. The van der Waals surface area contributed by atoms with Crippen LogP contribution in [-0.4, -0.2) is 49.6 Å². The molecule has 0 bridgehead atoms. The van der Waals surface area contributed by atoms with E-state index in [1.807, 2.05) is 18.0 Å². The van der Waals surface area contributed by atoms with Crippen molar-refractivity contribution in [1.82, 2.24) is 9.88 Å². The summed E-state index contributed by atoms with van der Waals surface area (Å²) in [6.45, 7) is 2.06. The van der Waals surface area contributed by atoms with Gasteiger partial charge in [-0.3, -0.25) is 9.69 Å². The summed E-state index contributed by atoms with van der Waals surface area (Å²) in [5.41, 5.74) is 0.832. The van der Waals surface area contributed by atoms with E-state index in [1.54, 1.807) is 24.3 Å². The van der Waals surface area contributed by atoms with Crippen LogP contribution in [0.25, 0.3) is 0 Å². The van der Waals surface area contributed by atoms with Gasteiger partial charge in [0.15, 0.2) is 0 Å². The van der Waals surface area contributed by atoms with Gasteiger partial charge < -0.3 is 9.64 Å². The molecule has 0 N–H and O–H groups in total. The maximum atomic E-state index is 11.8. The van der Waals surface area contributed by atoms with Crippen molar-refractivity contribution in [1.29, 1.82) is 0 Å². The average Bonchev–Trinajstić information content (AvgIpc) is 2.29. The van der Waals surface area contributed by atoms with Crippen molar-refractivity contribution in [2.45, 2.75) is 0 Å². The minimum Gasteiger partial charge on any atom is -0.481 e. The van der Waals surface area contributed by atoms with Gasteiger partial charge >= 0.3 is 0 Å². The third-order valence-electron chi connectivity index (χ3n) is 2.65. The van der Waals surface area contributed by atoms with Crippen LogP contribution < -0.4 is 9.64 Å². The monoisotopic (exact) mass is 221 g/mol. The topological polar surface area (TPSA) is 45.7 Å². The van der Waals surface area contributed by atoms with E-state index in [1.165, 1.54) is 0 Å². The molecule has 0 aromatic carbocycles. The number of hydrogen-bond donors (Lipinski definition) is 0. The lowest BCUT2D eigenvalue weighted by atomic mass is 10.3. The lowest BCUT2D eigenvalue weighted by Crippen LogP contribution is -2.48. The van der Waals surface area contributed by atoms with Crippen molar-refractivity contribution >= 4 is 11.6 Å². The molecule has 2 rings (SSSR count). The first-order valence-electron chi connectivity index (χ1n) is 5.19. The minimum atomic E-state index is 0.112. The molecular formula is C11H15N3O2. The summed E-state index contributed by atoms with van der Waals surface area (Å²) in [6, 6.07) is 3.62. The van der Waals surface area contributed by atoms with Crippen LogP contribution in [0.5, 0.6) is 5.88 Å². The Morgan fingerprint density at radius 2 is 2.19 bits per heavy atom. The van der Waals surface area contributed by atoms with Crippen LogP contribution in [-0.2, 0) is 4.79 Å². The summed E-state index contributed by atoms with van der Waals surface area (Å²) in [4.78, 5) is 19.6. The van der Waals surface area contributed by atoms with Gasteiger partial charge in [-0.25, -0.2) is 4.98 Å². The standard InChI is InChI=1S/C11H15N3O2/c1-13-5-6-14(11(15)8-13)9-3-4-10(16-2)12-7-9/h3-4,7H,5-6,8H2,1-2H3. The molecule has 16 heavy (non-hydrogen) atoms. The maximum absolute atomic E-state index is 11.8. The number of nitrogens with zero attached hydrogens (tertiary/aromatic N) is 3. The molecule has 0 spiro atoms. The second-order valence-electron chi connectivity index (χ2n) is 3.84. The van der Waals surface area contributed by atoms with Crippen molar-refractivity contribution < 1.29 is 9.53 Å². The van der Waals surface area contributed by atoms with Gasteiger partial charge in [0.2, 0.25) is 11.8 Å². The second-order valence-corrected chi connectivity index (χ2v) is 3.84. The van der Waals surface area contributed by atoms with Crippen LogP contribution in [0, 0.1) is 0 Å². The van der Waals surface area contributed by atoms with Crippen LogP contribution in [0.15, 0.2) is 18.3 Å². The zero-order valence-corrected chi connectivity index (χ0v) is 9.51. The van der Waals surface area contributed by atoms with Gasteiger partial charge in [-0.05, 0) is 13.1 Å². The fraction of sp³-hybridized carbons (Fsp3) is 0.455. The predicted octanol–water partition coefficient (Wildman–Crippen LogP) is 0.369. The number of ether oxygens (including phenoxy) is 1. The van der Waals surface area contributed by atoms with E-state index in [9.17, 15) is 4.79 Å². The quantitative estimate of drug-likeness (QED) is 0.723. The van der Waals surface area contributed by atoms with Gasteiger partial charge in [0.05, 0.1) is 25.5 Å². The third-order valence-corrected chi connectivity index (χ3v) is 2.65. The zero-order valence-electron chi connectivity index (χ0n) is 9.51. The number of anilines is 1. The molecule has 1 aliphatic rings. The number of carbonyl (C=O) groups is 1. The number of pyridine rings is 1. The van der Waals surface area contributed by atoms with Crippen LogP contribution in [0.3, 0.4) is 0 Å². The molecule has 2 heterocycles. The van der Waals surface area contributed by atoms with Crippen molar-refractivity contribution in [3.05, 3.63) is 18.3 Å². The molecular weight excluding hydrogens is 206 g/mol. The van der Waals surface area contributed by atoms with Gasteiger partial charge in [0.1, 0.15) is 0 Å². The summed E-state index contributed by atoms with van der Waals surface area (Å²) in [5.74, 6) is 0.672. The lowest BCUT2D eigenvalue weighted by molar-refractivity contribution is -0.120. The molecule has 0 saturated carbocycles. The summed E-state index contributed by atoms with van der Waals surface area (Å²) >= 11 is 0. The summed E-state index contributed by atoms with van der Waals surface area (Å²) in [7, 11) is 3.52. The van der Waals surface area contributed by atoms with Crippen LogP contribution in [0.2, 0.25) is 0 Å². The van der Waals surface area contributed by atoms with E-state index in [0.29, 0.717) is 19.0 Å². The summed E-state index contributed by atoms with van der Waals surface area (Å²) in [5, 5.41) is 0. The normalized spacial score (nSPS) is 17.6. The van der Waals surface area contributed by atoms with Crippen molar-refractivity contribution in [3.8, 4) is 5.88 Å². The van der Waals surface area contributed by atoms with Crippen molar-refractivity contribution in [3.63, 3.8) is 0 Å². The molecule has 1 aromatic rings. The Morgan fingerprint density at radius 3 is 2.75 bits per heavy atom. The number of hydrogen-bond acceptors (Lipinski definition) is 4. The highest BCUT2D eigenvalue weighted by molar-refractivity contribution is 5.95. The molecule has 1 saturated heterocycles. The van der Waals surface area contributed by atoms with Crippen LogP contribution in [0.1, 0.15) is 0 Å². The largest absolute Gasteiger partial charge is 0.481 e. The van der Waals surface area contributed by atoms with Gasteiger partial charge in [0, 0.05) is 19.2 Å². The maximum Gasteiger partial charge on any atom is 0.241 e. The molecule has 5 heteroatoms. The number of carbonyl (C=O) groups excluding carboxylic acids is 1. The number of aromatic nitrogens is 1. The first-order valence-corrected chi connectivity index (χ1v) is 5.19. The van der Waals surface area contributed by atoms with E-state index in [0.717, 1.165) is 12.2 Å². The zero-order chi connectivity index (χ0) is 11.5. The molecule has 1 aliphatic heterocycles. The van der Waals surface area contributed by atoms with E-state index in [-0.39, 0.29) is 5.91 Å². The number of rotatable bonds is 2. The molecule has 86 valence electrons. The molecule has 1 aromatic heterocycles. The molecule has 0 unspecified atom stereocenters. The van der Waals surface area contributed by atoms with Gasteiger partial charge in [-0.15, -0.1) is 0 Å². The number of piperazine rings is 1. The highest BCUT2D eigenvalue weighted by atomic mass is 16.5. The Balaban J connectivity index is 2.14. The van der Waals surface area contributed by atoms with Gasteiger partial charge in [-0.1, -0.05) is 0 Å². The predicted molar refractivity (Wildman–Crippen MR) is 60.6 cm³/mol. The van der Waals surface area contributed by atoms with Crippen molar-refractivity contribution in [2.24, 2.45) is 0 Å². The number of methoxy groups -OCH3 is 1. The Bertz CT molecular complexity index is 377. The molecule has 0 radical (unpaired) electrons. The fourth-order valence-electron chi connectivity index (χ4n) is 1.72. The van der Waals surface area contributed by atoms with Gasteiger partial charge in [0.25, 0.3) is 0 Å². The fourth-order valence-corrected chi connectivity index (χ4v) is 1.72. The highest BCUT2D eigenvalue weighted by Crippen LogP contribution is 2.18. The van der Waals surface area contributed by atoms with Gasteiger partial charge in [-0.2, -0.15) is 0 Å². The minimum absolute atomic E-state index is 0.112. The lowest BCUT2D eigenvalue weighted by Gasteiger charge is -2.31. The third kappa shape index (κ3) is 2.14.